The van der Waals surface area contributed by atoms with Crippen LogP contribution in [0.3, 0.4) is 0 Å². The lowest BCUT2D eigenvalue weighted by molar-refractivity contribution is -0.132. The van der Waals surface area contributed by atoms with E-state index >= 15 is 0 Å². The van der Waals surface area contributed by atoms with Gasteiger partial charge in [0.15, 0.2) is 15.5 Å². The van der Waals surface area contributed by atoms with E-state index in [-0.39, 0.29) is 26.9 Å². The summed E-state index contributed by atoms with van der Waals surface area (Å²) in [5.41, 5.74) is 0.971. The number of rotatable bonds is 6. The standard InChI is InChI=1S/C17H17ClN2O6S2/c1-11-4-7-13(8-5-11)20(27(22)23)19-16(17(21)26-2)12-6-9-15(14(18)10-12)28(3,24)25/h4-10H,1-3H3,(H,22,23). The molecule has 2 rings (SSSR count). The second kappa shape index (κ2) is 8.82. The number of ether oxygens (including phenoxy) is 1. The zero-order valence-corrected chi connectivity index (χ0v) is 17.5. The van der Waals surface area contributed by atoms with Crippen molar-refractivity contribution in [2.75, 3.05) is 17.8 Å². The summed E-state index contributed by atoms with van der Waals surface area (Å²) in [7, 11) is -2.45. The van der Waals surface area contributed by atoms with Gasteiger partial charge in [-0.25, -0.2) is 17.4 Å². The van der Waals surface area contributed by atoms with Crippen LogP contribution in [0.1, 0.15) is 11.1 Å². The number of halogens is 1. The first-order chi connectivity index (χ1) is 13.0. The van der Waals surface area contributed by atoms with Gasteiger partial charge in [-0.1, -0.05) is 35.4 Å². The molecule has 0 fully saturated rings. The lowest BCUT2D eigenvalue weighted by Gasteiger charge is -2.16. The van der Waals surface area contributed by atoms with Crippen molar-refractivity contribution in [2.45, 2.75) is 11.8 Å². The molecular formula is C17H17ClN2O6S2. The molecular weight excluding hydrogens is 428 g/mol. The molecule has 2 aromatic carbocycles. The van der Waals surface area contributed by atoms with Gasteiger partial charge in [0.1, 0.15) is 0 Å². The number of aryl methyl sites for hydroxylation is 1. The number of hydrazone groups is 1. The van der Waals surface area contributed by atoms with Crippen LogP contribution in [0.15, 0.2) is 52.5 Å². The molecule has 0 aliphatic heterocycles. The number of anilines is 1. The Labute approximate surface area is 170 Å². The predicted octanol–water partition coefficient (Wildman–Crippen LogP) is 2.57. The maximum absolute atomic E-state index is 12.2. The minimum absolute atomic E-state index is 0.117. The smallest absolute Gasteiger partial charge is 0.359 e. The minimum atomic E-state index is -3.57. The number of nitrogens with zero attached hydrogens (tertiary/aromatic N) is 2. The number of hydrogen-bond acceptors (Lipinski definition) is 6. The van der Waals surface area contributed by atoms with Crippen molar-refractivity contribution in [1.29, 1.82) is 0 Å². The average Bonchev–Trinajstić information content (AvgIpc) is 2.61. The topological polar surface area (TPSA) is 113 Å². The number of carbonyl (C=O) groups excluding carboxylic acids is 1. The van der Waals surface area contributed by atoms with E-state index in [2.05, 4.69) is 5.10 Å². The molecule has 0 aromatic heterocycles. The Morgan fingerprint density at radius 3 is 2.29 bits per heavy atom. The Bertz CT molecular complexity index is 1050. The van der Waals surface area contributed by atoms with Gasteiger partial charge in [0, 0.05) is 11.8 Å². The monoisotopic (exact) mass is 444 g/mol. The van der Waals surface area contributed by atoms with E-state index in [1.165, 1.54) is 18.2 Å². The number of benzene rings is 2. The first-order valence-electron chi connectivity index (χ1n) is 7.69. The van der Waals surface area contributed by atoms with E-state index < -0.39 is 27.1 Å². The van der Waals surface area contributed by atoms with Crippen molar-refractivity contribution in [3.63, 3.8) is 0 Å². The fraction of sp³-hybridized carbons (Fsp3) is 0.176. The zero-order chi connectivity index (χ0) is 21.1. The number of carbonyl (C=O) groups is 1. The van der Waals surface area contributed by atoms with E-state index in [1.54, 1.807) is 24.3 Å². The van der Waals surface area contributed by atoms with Crippen LogP contribution in [-0.4, -0.2) is 42.2 Å². The van der Waals surface area contributed by atoms with Gasteiger partial charge >= 0.3 is 5.97 Å². The Kier molecular flexibility index (Phi) is 6.94. The lowest BCUT2D eigenvalue weighted by atomic mass is 10.1. The maximum Gasteiger partial charge on any atom is 0.359 e. The van der Waals surface area contributed by atoms with E-state index in [0.29, 0.717) is 0 Å². The molecule has 28 heavy (non-hydrogen) atoms. The Hall–Kier alpha value is -2.27. The highest BCUT2D eigenvalue weighted by Crippen LogP contribution is 2.24. The molecule has 0 radical (unpaired) electrons. The summed E-state index contributed by atoms with van der Waals surface area (Å²) in [6, 6.07) is 10.3. The fourth-order valence-corrected chi connectivity index (χ4v) is 3.99. The van der Waals surface area contributed by atoms with Gasteiger partial charge in [0.25, 0.3) is 11.3 Å². The Balaban J connectivity index is 2.62. The van der Waals surface area contributed by atoms with Crippen LogP contribution >= 0.6 is 11.6 Å². The molecule has 0 amide bonds. The largest absolute Gasteiger partial charge is 0.464 e. The van der Waals surface area contributed by atoms with Crippen molar-refractivity contribution in [3.05, 3.63) is 58.6 Å². The van der Waals surface area contributed by atoms with Crippen LogP contribution in [0, 0.1) is 6.92 Å². The van der Waals surface area contributed by atoms with Gasteiger partial charge < -0.3 is 4.74 Å². The van der Waals surface area contributed by atoms with Crippen molar-refractivity contribution in [1.82, 2.24) is 0 Å². The van der Waals surface area contributed by atoms with Crippen molar-refractivity contribution >= 4 is 50.1 Å². The number of sulfone groups is 1. The summed E-state index contributed by atoms with van der Waals surface area (Å²) in [6.45, 7) is 1.85. The van der Waals surface area contributed by atoms with Crippen LogP contribution in [0.5, 0.6) is 0 Å². The molecule has 8 nitrogen and oxygen atoms in total. The van der Waals surface area contributed by atoms with Crippen molar-refractivity contribution < 1.29 is 26.7 Å². The van der Waals surface area contributed by atoms with E-state index in [9.17, 15) is 22.0 Å². The molecule has 1 atom stereocenters. The molecule has 1 N–H and O–H groups in total. The van der Waals surface area contributed by atoms with Gasteiger partial charge in [-0.05, 0) is 31.2 Å². The van der Waals surface area contributed by atoms with Gasteiger partial charge in [0.2, 0.25) is 0 Å². The highest BCUT2D eigenvalue weighted by atomic mass is 35.5. The summed E-state index contributed by atoms with van der Waals surface area (Å²) >= 11 is 3.44. The second-order valence-corrected chi connectivity index (χ2v) is 8.90. The molecule has 11 heteroatoms. The molecule has 2 aromatic rings. The van der Waals surface area contributed by atoms with Crippen LogP contribution in [0.25, 0.3) is 0 Å². The van der Waals surface area contributed by atoms with Crippen LogP contribution in [0.2, 0.25) is 5.02 Å². The summed E-state index contributed by atoms with van der Waals surface area (Å²) in [5, 5.41) is 3.84. The molecule has 0 bridgehead atoms. The zero-order valence-electron chi connectivity index (χ0n) is 15.1. The first kappa shape index (κ1) is 22.0. The second-order valence-electron chi connectivity index (χ2n) is 5.70. The normalized spacial score (nSPS) is 13.1. The fourth-order valence-electron chi connectivity index (χ4n) is 2.21. The quantitative estimate of drug-likeness (QED) is 0.317. The van der Waals surface area contributed by atoms with Crippen molar-refractivity contribution in [2.24, 2.45) is 5.10 Å². The number of methoxy groups -OCH3 is 1. The average molecular weight is 445 g/mol. The van der Waals surface area contributed by atoms with Gasteiger partial charge in [-0.15, -0.1) is 5.10 Å². The third kappa shape index (κ3) is 5.16. The molecule has 150 valence electrons. The van der Waals surface area contributed by atoms with Gasteiger partial charge in [0.05, 0.1) is 22.7 Å². The van der Waals surface area contributed by atoms with E-state index in [0.717, 1.165) is 23.3 Å². The Morgan fingerprint density at radius 1 is 1.21 bits per heavy atom. The molecule has 0 saturated heterocycles. The maximum atomic E-state index is 12.2. The molecule has 0 saturated carbocycles. The van der Waals surface area contributed by atoms with Crippen LogP contribution < -0.4 is 4.41 Å². The summed E-state index contributed by atoms with van der Waals surface area (Å²) in [6.07, 6.45) is 0.997. The minimum Gasteiger partial charge on any atom is -0.464 e. The molecule has 1 unspecified atom stereocenters. The van der Waals surface area contributed by atoms with E-state index in [4.69, 9.17) is 16.3 Å². The first-order valence-corrected chi connectivity index (χ1v) is 11.0. The highest BCUT2D eigenvalue weighted by molar-refractivity contribution is 7.90. The number of hydrogen-bond donors (Lipinski definition) is 1. The molecule has 0 spiro atoms. The van der Waals surface area contributed by atoms with Gasteiger partial charge in [-0.3, -0.25) is 4.55 Å². The highest BCUT2D eigenvalue weighted by Gasteiger charge is 2.22. The third-order valence-electron chi connectivity index (χ3n) is 3.58. The van der Waals surface area contributed by atoms with Gasteiger partial charge in [-0.2, -0.15) is 4.41 Å². The summed E-state index contributed by atoms with van der Waals surface area (Å²) in [5.74, 6) is -0.897. The SMILES string of the molecule is COC(=O)C(=NN(c1ccc(C)cc1)S(=O)O)c1ccc(S(C)(=O)=O)c(Cl)c1. The lowest BCUT2D eigenvalue weighted by Crippen LogP contribution is -2.26. The number of esters is 1. The molecule has 0 aliphatic carbocycles. The molecule has 0 heterocycles. The van der Waals surface area contributed by atoms with Crippen LogP contribution in [-0.2, 0) is 30.6 Å². The third-order valence-corrected chi connectivity index (χ3v) is 5.75. The van der Waals surface area contributed by atoms with Crippen LogP contribution in [0.4, 0.5) is 5.69 Å². The van der Waals surface area contributed by atoms with E-state index in [1.807, 2.05) is 6.92 Å². The Morgan fingerprint density at radius 2 is 1.82 bits per heavy atom. The predicted molar refractivity (Wildman–Crippen MR) is 108 cm³/mol. The summed E-state index contributed by atoms with van der Waals surface area (Å²) < 4.78 is 50.3. The van der Waals surface area contributed by atoms with Crippen molar-refractivity contribution in [3.8, 4) is 0 Å². The summed E-state index contributed by atoms with van der Waals surface area (Å²) in [4.78, 5) is 12.1. The molecule has 0 aliphatic rings.